The number of para-hydroxylation sites is 1. The molecule has 9 nitrogen and oxygen atoms in total. The summed E-state index contributed by atoms with van der Waals surface area (Å²) in [7, 11) is -2.30. The second kappa shape index (κ2) is 11.5. The van der Waals surface area contributed by atoms with Gasteiger partial charge in [-0.25, -0.2) is 22.2 Å². The second-order valence-electron chi connectivity index (χ2n) is 10.5. The fraction of sp³-hybridized carbons (Fsp3) is 0.152. The number of nitrogens with two attached hydrogens (primary N) is 1. The molecule has 0 spiro atoms. The molecule has 6 aromatic rings. The van der Waals surface area contributed by atoms with Gasteiger partial charge in [-0.1, -0.05) is 6.07 Å². The molecule has 12 heteroatoms. The average Bonchev–Trinajstić information content (AvgIpc) is 3.63. The van der Waals surface area contributed by atoms with Crippen molar-refractivity contribution in [1.82, 2.24) is 10.3 Å². The highest BCUT2D eigenvalue weighted by Crippen LogP contribution is 2.42. The van der Waals surface area contributed by atoms with E-state index in [1.807, 2.05) is 0 Å². The number of anilines is 1. The zero-order valence-electron chi connectivity index (χ0n) is 24.4. The summed E-state index contributed by atoms with van der Waals surface area (Å²) in [4.78, 5) is 17.6. The van der Waals surface area contributed by atoms with Crippen molar-refractivity contribution in [3.63, 3.8) is 0 Å². The number of carbonyl (C=O) groups excluding carboxylic acids is 1. The molecule has 6 rings (SSSR count). The van der Waals surface area contributed by atoms with Crippen molar-refractivity contribution in [1.29, 1.82) is 0 Å². The maximum Gasteiger partial charge on any atom is 0.255 e. The maximum absolute atomic E-state index is 14.5. The lowest BCUT2D eigenvalue weighted by Gasteiger charge is -2.16. The van der Waals surface area contributed by atoms with E-state index in [2.05, 4.69) is 15.0 Å². The number of furan rings is 1. The van der Waals surface area contributed by atoms with Crippen molar-refractivity contribution in [3.8, 4) is 33.9 Å². The Morgan fingerprint density at radius 1 is 0.956 bits per heavy atom. The zero-order valence-corrected chi connectivity index (χ0v) is 25.3. The number of aromatic nitrogens is 1. The Morgan fingerprint density at radius 2 is 1.69 bits per heavy atom. The van der Waals surface area contributed by atoms with E-state index in [9.17, 15) is 22.0 Å². The summed E-state index contributed by atoms with van der Waals surface area (Å²) in [6.07, 6.45) is 0. The molecule has 230 valence electrons. The van der Waals surface area contributed by atoms with Gasteiger partial charge >= 0.3 is 0 Å². The van der Waals surface area contributed by atoms with Gasteiger partial charge in [0.1, 0.15) is 22.7 Å². The first-order chi connectivity index (χ1) is 21.5. The predicted molar refractivity (Wildman–Crippen MR) is 169 cm³/mol. The molecule has 0 fully saturated rings. The highest BCUT2D eigenvalue weighted by atomic mass is 32.2. The van der Waals surface area contributed by atoms with E-state index in [-0.39, 0.29) is 45.3 Å². The predicted octanol–water partition coefficient (Wildman–Crippen LogP) is 6.99. The fourth-order valence-corrected chi connectivity index (χ4v) is 5.74. The minimum atomic E-state index is -3.77. The number of sulfonamides is 1. The van der Waals surface area contributed by atoms with Crippen LogP contribution in [0, 0.1) is 11.6 Å². The summed E-state index contributed by atoms with van der Waals surface area (Å²) in [5.41, 5.74) is 9.75. The summed E-state index contributed by atoms with van der Waals surface area (Å²) >= 11 is 0. The highest BCUT2D eigenvalue weighted by Gasteiger charge is 2.25. The van der Waals surface area contributed by atoms with E-state index in [4.69, 9.17) is 14.6 Å². The van der Waals surface area contributed by atoms with E-state index in [0.29, 0.717) is 33.2 Å². The van der Waals surface area contributed by atoms with Crippen LogP contribution in [-0.2, 0) is 10.0 Å². The van der Waals surface area contributed by atoms with Crippen LogP contribution < -0.4 is 15.8 Å². The number of nitrogens with zero attached hydrogens (tertiary/aromatic N) is 1. The minimum absolute atomic E-state index is 0.0694. The number of benzene rings is 4. The summed E-state index contributed by atoms with van der Waals surface area (Å²) < 4.78 is 68.5. The Kier molecular flexibility index (Phi) is 7.63. The van der Waals surface area contributed by atoms with Crippen molar-refractivity contribution in [3.05, 3.63) is 95.6 Å². The van der Waals surface area contributed by atoms with Crippen LogP contribution in [0.4, 0.5) is 14.5 Å². The van der Waals surface area contributed by atoms with Crippen molar-refractivity contribution in [2.45, 2.75) is 19.9 Å². The normalized spacial score (nSPS) is 12.5. The molecule has 1 amide bonds. The largest absolute Gasteiger partial charge is 0.455 e. The maximum atomic E-state index is 14.5. The monoisotopic (exact) mass is 630 g/mol. The van der Waals surface area contributed by atoms with Gasteiger partial charge < -0.3 is 19.9 Å². The molecule has 2 heterocycles. The number of oxazole rings is 1. The first kappa shape index (κ1) is 30.0. The molecule has 0 radical (unpaired) electrons. The van der Waals surface area contributed by atoms with Gasteiger partial charge in [-0.3, -0.25) is 9.52 Å². The van der Waals surface area contributed by atoms with Crippen molar-refractivity contribution < 1.29 is 30.8 Å². The Bertz CT molecular complexity index is 2210. The van der Waals surface area contributed by atoms with Gasteiger partial charge in [0.15, 0.2) is 11.4 Å². The molecule has 1 unspecified atom stereocenters. The van der Waals surface area contributed by atoms with E-state index >= 15 is 0 Å². The van der Waals surface area contributed by atoms with Crippen molar-refractivity contribution in [2.24, 2.45) is 5.73 Å². The Hall–Kier alpha value is -5.07. The number of nitrogens with one attached hydrogen (secondary N) is 2. The third-order valence-electron chi connectivity index (χ3n) is 7.44. The van der Waals surface area contributed by atoms with Crippen LogP contribution in [0.3, 0.4) is 0 Å². The van der Waals surface area contributed by atoms with Crippen LogP contribution in [0.5, 0.6) is 0 Å². The van der Waals surface area contributed by atoms with Gasteiger partial charge in [0, 0.05) is 41.2 Å². The van der Waals surface area contributed by atoms with Gasteiger partial charge in [-0.15, -0.1) is 0 Å². The van der Waals surface area contributed by atoms with Gasteiger partial charge in [0.05, 0.1) is 17.0 Å². The quantitative estimate of drug-likeness (QED) is 0.165. The Balaban J connectivity index is 1.64. The molecule has 4 aromatic carbocycles. The molecule has 0 aliphatic rings. The number of amides is 1. The lowest BCUT2D eigenvalue weighted by Crippen LogP contribution is -2.18. The van der Waals surface area contributed by atoms with Gasteiger partial charge in [0.25, 0.3) is 5.91 Å². The van der Waals surface area contributed by atoms with E-state index in [1.54, 1.807) is 37.3 Å². The number of halogens is 2. The summed E-state index contributed by atoms with van der Waals surface area (Å²) in [6.45, 7) is 3.29. The fourth-order valence-electron chi connectivity index (χ4n) is 5.09. The zero-order chi connectivity index (χ0) is 32.0. The summed E-state index contributed by atoms with van der Waals surface area (Å²) in [5, 5.41) is 3.01. The first-order valence-electron chi connectivity index (χ1n) is 14.0. The molecule has 1 atom stereocenters. The third-order valence-corrected chi connectivity index (χ3v) is 8.73. The first-order valence-corrected chi connectivity index (χ1v) is 15.7. The molecule has 45 heavy (non-hydrogen) atoms. The van der Waals surface area contributed by atoms with E-state index in [0.717, 1.165) is 0 Å². The Morgan fingerprint density at radius 3 is 2.36 bits per heavy atom. The lowest BCUT2D eigenvalue weighted by atomic mass is 9.94. The van der Waals surface area contributed by atoms with Crippen LogP contribution in [0.25, 0.3) is 56.0 Å². The lowest BCUT2D eigenvalue weighted by molar-refractivity contribution is 0.0964. The van der Waals surface area contributed by atoms with Crippen LogP contribution in [0.2, 0.25) is 0 Å². The summed E-state index contributed by atoms with van der Waals surface area (Å²) in [5.74, 6) is -1.33. The smallest absolute Gasteiger partial charge is 0.255 e. The highest BCUT2D eigenvalue weighted by molar-refractivity contribution is 7.92. The van der Waals surface area contributed by atoms with Gasteiger partial charge in [-0.05, 0) is 85.6 Å². The van der Waals surface area contributed by atoms with E-state index < -0.39 is 33.6 Å². The van der Waals surface area contributed by atoms with E-state index in [1.165, 1.54) is 56.4 Å². The minimum Gasteiger partial charge on any atom is -0.455 e. The number of hydrogen-bond donors (Lipinski definition) is 3. The standard InChI is InChI=1S/C33H28F2N4O5S/c1-4-45(41,42)39-26-16-28-24(29(32(40)37-3)31(43-28)18-8-10-22(34)11-9-18)15-23(26)20-12-19(17(2)36)13-21(14-20)33-38-30-25(35)6-5-7-27(30)44-33/h5-17,39H,4,36H2,1-3H3,(H,37,40). The van der Waals surface area contributed by atoms with Crippen LogP contribution >= 0.6 is 0 Å². The third kappa shape index (κ3) is 5.65. The summed E-state index contributed by atoms with van der Waals surface area (Å²) in [6, 6.07) is 17.9. The molecule has 0 aliphatic heterocycles. The molecular formula is C33H28F2N4O5S. The van der Waals surface area contributed by atoms with Gasteiger partial charge in [-0.2, -0.15) is 0 Å². The molecule has 0 saturated carbocycles. The topological polar surface area (TPSA) is 140 Å². The second-order valence-corrected chi connectivity index (χ2v) is 12.5. The molecule has 4 N–H and O–H groups in total. The SMILES string of the molecule is CCS(=O)(=O)Nc1cc2oc(-c3ccc(F)cc3)c(C(=O)NC)c2cc1-c1cc(-c2nc3c(F)cccc3o2)cc(C(C)N)c1. The Labute approximate surface area is 257 Å². The number of carbonyl (C=O) groups is 1. The van der Waals surface area contributed by atoms with Crippen LogP contribution in [-0.4, -0.2) is 32.1 Å². The average molecular weight is 631 g/mol. The number of fused-ring (bicyclic) bond motifs is 2. The van der Waals surface area contributed by atoms with Crippen LogP contribution in [0.1, 0.15) is 35.8 Å². The number of hydrogen-bond acceptors (Lipinski definition) is 7. The molecule has 0 bridgehead atoms. The molecular weight excluding hydrogens is 602 g/mol. The van der Waals surface area contributed by atoms with Crippen LogP contribution in [0.15, 0.2) is 81.6 Å². The van der Waals surface area contributed by atoms with Crippen molar-refractivity contribution >= 4 is 43.7 Å². The number of rotatable bonds is 8. The molecule has 2 aromatic heterocycles. The van der Waals surface area contributed by atoms with Crippen molar-refractivity contribution in [2.75, 3.05) is 17.5 Å². The van der Waals surface area contributed by atoms with Gasteiger partial charge in [0.2, 0.25) is 15.9 Å². The molecule has 0 saturated heterocycles. The molecule has 0 aliphatic carbocycles.